The molecule has 1 aromatic heterocycles. The third kappa shape index (κ3) is 4.26. The number of nitrogens with one attached hydrogen (secondary N) is 1. The lowest BCUT2D eigenvalue weighted by Gasteiger charge is -2.30. The van der Waals surface area contributed by atoms with Crippen molar-refractivity contribution in [2.45, 2.75) is 39.2 Å². The normalized spacial score (nSPS) is 16.8. The van der Waals surface area contributed by atoms with E-state index in [1.54, 1.807) is 55.5 Å². The van der Waals surface area contributed by atoms with Gasteiger partial charge in [0, 0.05) is 42.5 Å². The molecule has 0 unspecified atom stereocenters. The van der Waals surface area contributed by atoms with E-state index in [-0.39, 0.29) is 25.2 Å². The molecular formula is C23H25BF2N4O3. The number of carboxylic acids is 1. The van der Waals surface area contributed by atoms with Gasteiger partial charge in [0.25, 0.3) is 0 Å². The molecule has 4 N–H and O–H groups in total. The van der Waals surface area contributed by atoms with Crippen LogP contribution in [0.15, 0.2) is 48.2 Å². The summed E-state index contributed by atoms with van der Waals surface area (Å²) in [6.07, 6.45) is 5.44. The lowest BCUT2D eigenvalue weighted by molar-refractivity contribution is -0.362. The van der Waals surface area contributed by atoms with Gasteiger partial charge in [0.15, 0.2) is 5.70 Å². The van der Waals surface area contributed by atoms with E-state index in [0.717, 1.165) is 20.1 Å². The fourth-order valence-electron chi connectivity index (χ4n) is 4.43. The average molecular weight is 454 g/mol. The molecule has 4 rings (SSSR count). The van der Waals surface area contributed by atoms with E-state index < -0.39 is 19.0 Å². The lowest BCUT2D eigenvalue weighted by atomic mass is 9.90. The van der Waals surface area contributed by atoms with E-state index in [1.807, 2.05) is 6.92 Å². The molecule has 2 aromatic rings. The summed E-state index contributed by atoms with van der Waals surface area (Å²) in [7, 11) is 0. The average Bonchev–Trinajstić information content (AvgIpc) is 3.29. The molecule has 0 aliphatic carbocycles. The number of aliphatic carboxylic acids is 1. The number of carbonyl (C=O) groups excluding carboxylic acids is 1. The molecule has 33 heavy (non-hydrogen) atoms. The number of hydrogen-bond donors (Lipinski definition) is 3. The predicted octanol–water partition coefficient (Wildman–Crippen LogP) is 3.08. The van der Waals surface area contributed by atoms with Crippen molar-refractivity contribution in [3.63, 3.8) is 0 Å². The summed E-state index contributed by atoms with van der Waals surface area (Å²) in [5.41, 5.74) is 9.45. The molecular weight excluding hydrogens is 429 g/mol. The second-order valence-electron chi connectivity index (χ2n) is 8.47. The molecule has 0 radical (unpaired) electrons. The molecule has 172 valence electrons. The number of anilines is 1. The molecule has 1 atom stereocenters. The second kappa shape index (κ2) is 8.44. The van der Waals surface area contributed by atoms with Crippen molar-refractivity contribution in [3.8, 4) is 0 Å². The summed E-state index contributed by atoms with van der Waals surface area (Å²) in [5, 5.41) is 11.6. The first-order valence-corrected chi connectivity index (χ1v) is 10.7. The number of aryl methyl sites for hydroxylation is 2. The second-order valence-corrected chi connectivity index (χ2v) is 8.47. The number of amides is 1. The fraction of sp³-hybridized carbons (Fsp3) is 0.261. The zero-order valence-corrected chi connectivity index (χ0v) is 18.4. The zero-order chi connectivity index (χ0) is 23.9. The van der Waals surface area contributed by atoms with E-state index >= 15 is 8.63 Å². The van der Waals surface area contributed by atoms with Crippen LogP contribution in [-0.4, -0.2) is 44.7 Å². The van der Waals surface area contributed by atoms with Crippen molar-refractivity contribution in [2.75, 3.05) is 5.32 Å². The van der Waals surface area contributed by atoms with Crippen LogP contribution < -0.4 is 11.1 Å². The van der Waals surface area contributed by atoms with Gasteiger partial charge in [0.2, 0.25) is 5.91 Å². The smallest absolute Gasteiger partial charge is 0.480 e. The maximum absolute atomic E-state index is 15.4. The highest BCUT2D eigenvalue weighted by Gasteiger charge is 2.52. The topological polar surface area (TPSA) is 100 Å². The Balaban J connectivity index is 1.43. The van der Waals surface area contributed by atoms with Crippen molar-refractivity contribution in [2.24, 2.45) is 5.73 Å². The Hall–Kier alpha value is -3.53. The van der Waals surface area contributed by atoms with E-state index in [0.29, 0.717) is 28.5 Å². The van der Waals surface area contributed by atoms with E-state index in [1.165, 1.54) is 0 Å². The molecule has 10 heteroatoms. The highest BCUT2D eigenvalue weighted by Crippen LogP contribution is 2.34. The number of nitrogens with zero attached hydrogens (tertiary/aromatic N) is 2. The van der Waals surface area contributed by atoms with Crippen LogP contribution in [0.3, 0.4) is 0 Å². The highest BCUT2D eigenvalue weighted by atomic mass is 19.2. The molecule has 1 amide bonds. The maximum atomic E-state index is 15.4. The first-order valence-electron chi connectivity index (χ1n) is 10.7. The first-order chi connectivity index (χ1) is 15.6. The predicted molar refractivity (Wildman–Crippen MR) is 123 cm³/mol. The van der Waals surface area contributed by atoms with E-state index in [9.17, 15) is 9.59 Å². The fourth-order valence-corrected chi connectivity index (χ4v) is 4.43. The standard InChI is InChI=1S/C23H25BF2N4O3/c1-14-11-15(2)29-21(14)13-19-8-7-18(30(19)24(29,25)26)9-10-22(31)28-17-5-3-16(4-6-17)12-20(27)23(32)33/h3-8,11,13,20H,9-10,12,27H2,1-2H3,(H,28,31)(H,32,33)/t20-/m0/s1. The molecule has 7 nitrogen and oxygen atoms in total. The molecule has 1 aromatic carbocycles. The van der Waals surface area contributed by atoms with Gasteiger partial charge in [-0.25, -0.2) is 0 Å². The molecule has 0 saturated carbocycles. The summed E-state index contributed by atoms with van der Waals surface area (Å²) in [4.78, 5) is 23.3. The minimum absolute atomic E-state index is 0.0395. The number of rotatable bonds is 7. The molecule has 2 aliphatic rings. The van der Waals surface area contributed by atoms with Gasteiger partial charge in [-0.15, -0.1) is 0 Å². The van der Waals surface area contributed by atoms with Crippen molar-refractivity contribution in [1.82, 2.24) is 4.48 Å². The Bertz CT molecular complexity index is 1230. The third-order valence-corrected chi connectivity index (χ3v) is 6.03. The SMILES string of the molecule is Cc1cc(C)n2c1C=C1C=CC(CCC(=O)Nc3ccc(C[C@H](N)C(=O)O)cc3)=[N+]1[B-]2(F)F. The first kappa shape index (κ1) is 22.7. The van der Waals surface area contributed by atoms with E-state index in [4.69, 9.17) is 10.8 Å². The van der Waals surface area contributed by atoms with Crippen LogP contribution in [0.5, 0.6) is 0 Å². The number of halogens is 2. The number of carboxylic acid groups (broad SMARTS) is 1. The third-order valence-electron chi connectivity index (χ3n) is 6.03. The van der Waals surface area contributed by atoms with Crippen molar-refractivity contribution >= 4 is 36.3 Å². The minimum Gasteiger partial charge on any atom is -0.480 e. The number of nitrogens with two attached hydrogens (primary N) is 1. The Morgan fingerprint density at radius 1 is 1.21 bits per heavy atom. The van der Waals surface area contributed by atoms with Crippen LogP contribution in [0.1, 0.15) is 35.4 Å². The maximum Gasteiger partial charge on any atom is 0.737 e. The summed E-state index contributed by atoms with van der Waals surface area (Å²) < 4.78 is 33.0. The van der Waals surface area contributed by atoms with E-state index in [2.05, 4.69) is 5.32 Å². The van der Waals surface area contributed by atoms with Gasteiger partial charge < -0.3 is 33.8 Å². The van der Waals surface area contributed by atoms with Crippen LogP contribution >= 0.6 is 0 Å². The summed E-state index contributed by atoms with van der Waals surface area (Å²) in [6.45, 7) is -0.560. The number of hydrogen-bond acceptors (Lipinski definition) is 3. The van der Waals surface area contributed by atoms with Crippen molar-refractivity contribution in [3.05, 3.63) is 70.7 Å². The molecule has 2 aliphatic heterocycles. The largest absolute Gasteiger partial charge is 0.737 e. The molecule has 0 fully saturated rings. The summed E-state index contributed by atoms with van der Waals surface area (Å²) >= 11 is 0. The Morgan fingerprint density at radius 3 is 2.58 bits per heavy atom. The van der Waals surface area contributed by atoms with Gasteiger partial charge in [-0.2, -0.15) is 0 Å². The molecule has 3 heterocycles. The monoisotopic (exact) mass is 454 g/mol. The summed E-state index contributed by atoms with van der Waals surface area (Å²) in [5.74, 6) is -1.38. The van der Waals surface area contributed by atoms with Gasteiger partial charge >= 0.3 is 12.9 Å². The number of benzene rings is 1. The minimum atomic E-state index is -4.05. The Kier molecular flexibility index (Phi) is 5.79. The van der Waals surface area contributed by atoms with Gasteiger partial charge in [-0.1, -0.05) is 12.1 Å². The molecule has 0 spiro atoms. The number of fused-ring (bicyclic) bond motifs is 2. The van der Waals surface area contributed by atoms with Gasteiger partial charge in [0.1, 0.15) is 11.8 Å². The van der Waals surface area contributed by atoms with Gasteiger partial charge in [0.05, 0.1) is 0 Å². The van der Waals surface area contributed by atoms with Crippen molar-refractivity contribution < 1.29 is 27.8 Å². The van der Waals surface area contributed by atoms with Crippen molar-refractivity contribution in [1.29, 1.82) is 0 Å². The number of carbonyl (C=O) groups is 2. The number of aromatic nitrogens is 1. The Morgan fingerprint density at radius 2 is 1.91 bits per heavy atom. The van der Waals surface area contributed by atoms with Crippen LogP contribution in [0, 0.1) is 13.8 Å². The molecule has 0 bridgehead atoms. The van der Waals surface area contributed by atoms with Crippen LogP contribution in [0.2, 0.25) is 0 Å². The quantitative estimate of drug-likeness (QED) is 0.560. The summed E-state index contributed by atoms with van der Waals surface area (Å²) in [6, 6.07) is 7.46. The number of allylic oxidation sites excluding steroid dienone is 2. The van der Waals surface area contributed by atoms with Crippen LogP contribution in [0.4, 0.5) is 14.3 Å². The molecule has 0 saturated heterocycles. The zero-order valence-electron chi connectivity index (χ0n) is 18.4. The van der Waals surface area contributed by atoms with Gasteiger partial charge in [-0.3, -0.25) is 9.59 Å². The highest BCUT2D eigenvalue weighted by molar-refractivity contribution is 6.58. The van der Waals surface area contributed by atoms with Crippen LogP contribution in [0.25, 0.3) is 6.08 Å². The van der Waals surface area contributed by atoms with Crippen LogP contribution in [-0.2, 0) is 16.0 Å². The lowest BCUT2D eigenvalue weighted by Crippen LogP contribution is -2.50. The van der Waals surface area contributed by atoms with Gasteiger partial charge in [-0.05, 0) is 55.3 Å². The Labute approximate surface area is 190 Å².